The van der Waals surface area contributed by atoms with E-state index in [1.54, 1.807) is 0 Å². The van der Waals surface area contributed by atoms with E-state index in [-0.39, 0.29) is 5.57 Å². The molecule has 1 aliphatic rings. The number of carbonyl (C=O) groups is 1. The molecule has 1 fully saturated rings. The van der Waals surface area contributed by atoms with E-state index in [2.05, 4.69) is 6.58 Å². The zero-order valence-corrected chi connectivity index (χ0v) is 6.95. The second-order valence-electron chi connectivity index (χ2n) is 2.80. The van der Waals surface area contributed by atoms with Gasteiger partial charge in [0.05, 0.1) is 13.2 Å². The largest absolute Gasteiger partial charge is 0.478 e. The molecule has 0 atom stereocenters. The van der Waals surface area contributed by atoms with Crippen molar-refractivity contribution in [1.82, 2.24) is 4.90 Å². The van der Waals surface area contributed by atoms with Crippen molar-refractivity contribution < 1.29 is 14.6 Å². The van der Waals surface area contributed by atoms with Crippen LogP contribution >= 0.6 is 0 Å². The fourth-order valence-corrected chi connectivity index (χ4v) is 1.10. The topological polar surface area (TPSA) is 49.8 Å². The van der Waals surface area contributed by atoms with Crippen molar-refractivity contribution in [2.75, 3.05) is 32.8 Å². The summed E-state index contributed by atoms with van der Waals surface area (Å²) in [5.41, 5.74) is 0.247. The second kappa shape index (κ2) is 4.23. The van der Waals surface area contributed by atoms with E-state index in [0.717, 1.165) is 13.1 Å². The number of ether oxygens (including phenoxy) is 1. The minimum absolute atomic E-state index is 0.247. The molecule has 1 saturated heterocycles. The third-order valence-electron chi connectivity index (χ3n) is 1.82. The summed E-state index contributed by atoms with van der Waals surface area (Å²) in [5.74, 6) is -0.915. The van der Waals surface area contributed by atoms with E-state index in [4.69, 9.17) is 9.84 Å². The van der Waals surface area contributed by atoms with E-state index in [9.17, 15) is 4.79 Å². The SMILES string of the molecule is C=C(CN1CCOCC1)C(=O)O. The van der Waals surface area contributed by atoms with E-state index < -0.39 is 5.97 Å². The Kier molecular flexibility index (Phi) is 3.25. The third-order valence-corrected chi connectivity index (χ3v) is 1.82. The average molecular weight is 171 g/mol. The van der Waals surface area contributed by atoms with Crippen molar-refractivity contribution >= 4 is 5.97 Å². The molecule has 0 aliphatic carbocycles. The van der Waals surface area contributed by atoms with Crippen LogP contribution in [0.1, 0.15) is 0 Å². The number of carboxylic acids is 1. The lowest BCUT2D eigenvalue weighted by molar-refractivity contribution is -0.133. The van der Waals surface area contributed by atoms with Crippen LogP contribution in [0, 0.1) is 0 Å². The maximum absolute atomic E-state index is 10.4. The number of nitrogens with zero attached hydrogens (tertiary/aromatic N) is 1. The van der Waals surface area contributed by atoms with Crippen molar-refractivity contribution in [3.8, 4) is 0 Å². The molecule has 4 nitrogen and oxygen atoms in total. The molecule has 0 saturated carbocycles. The van der Waals surface area contributed by atoms with Crippen LogP contribution in [0.15, 0.2) is 12.2 Å². The molecule has 12 heavy (non-hydrogen) atoms. The van der Waals surface area contributed by atoms with E-state index in [1.807, 2.05) is 4.90 Å². The molecule has 0 amide bonds. The van der Waals surface area contributed by atoms with E-state index in [1.165, 1.54) is 0 Å². The maximum atomic E-state index is 10.4. The fraction of sp³-hybridized carbons (Fsp3) is 0.625. The molecule has 0 bridgehead atoms. The number of carboxylic acid groups (broad SMARTS) is 1. The minimum atomic E-state index is -0.915. The van der Waals surface area contributed by atoms with Gasteiger partial charge in [0.15, 0.2) is 0 Å². The van der Waals surface area contributed by atoms with Crippen LogP contribution in [0.3, 0.4) is 0 Å². The molecular weight excluding hydrogens is 158 g/mol. The van der Waals surface area contributed by atoms with Crippen molar-refractivity contribution in [3.63, 3.8) is 0 Å². The van der Waals surface area contributed by atoms with Gasteiger partial charge in [0.25, 0.3) is 0 Å². The summed E-state index contributed by atoms with van der Waals surface area (Å²) in [6.45, 7) is 6.88. The molecular formula is C8H13NO3. The molecule has 1 rings (SSSR count). The van der Waals surface area contributed by atoms with Gasteiger partial charge in [-0.25, -0.2) is 4.79 Å². The molecule has 0 aromatic carbocycles. The normalized spacial score (nSPS) is 19.0. The second-order valence-corrected chi connectivity index (χ2v) is 2.80. The Morgan fingerprint density at radius 2 is 2.08 bits per heavy atom. The highest BCUT2D eigenvalue weighted by Crippen LogP contribution is 2.00. The Morgan fingerprint density at radius 1 is 1.50 bits per heavy atom. The predicted molar refractivity (Wildman–Crippen MR) is 44.0 cm³/mol. The Morgan fingerprint density at radius 3 is 2.58 bits per heavy atom. The smallest absolute Gasteiger partial charge is 0.332 e. The molecule has 1 heterocycles. The van der Waals surface area contributed by atoms with Gasteiger partial charge in [-0.1, -0.05) is 6.58 Å². The molecule has 1 aliphatic heterocycles. The molecule has 0 radical (unpaired) electrons. The summed E-state index contributed by atoms with van der Waals surface area (Å²) in [5, 5.41) is 8.56. The van der Waals surface area contributed by atoms with Crippen LogP contribution in [0.25, 0.3) is 0 Å². The summed E-state index contributed by atoms with van der Waals surface area (Å²) in [6, 6.07) is 0. The lowest BCUT2D eigenvalue weighted by Crippen LogP contribution is -2.38. The first-order valence-electron chi connectivity index (χ1n) is 3.91. The van der Waals surface area contributed by atoms with Crippen molar-refractivity contribution in [3.05, 3.63) is 12.2 Å². The van der Waals surface area contributed by atoms with Gasteiger partial charge in [0, 0.05) is 25.2 Å². The molecule has 1 N–H and O–H groups in total. The molecule has 68 valence electrons. The number of rotatable bonds is 3. The molecule has 0 unspecified atom stereocenters. The van der Waals surface area contributed by atoms with Crippen molar-refractivity contribution in [2.24, 2.45) is 0 Å². The first-order chi connectivity index (χ1) is 5.70. The van der Waals surface area contributed by atoms with Crippen LogP contribution in [0.5, 0.6) is 0 Å². The third kappa shape index (κ3) is 2.64. The number of morpholine rings is 1. The Hall–Kier alpha value is -0.870. The summed E-state index contributed by atoms with van der Waals surface area (Å²) in [6.07, 6.45) is 0. The molecule has 0 aromatic heterocycles. The highest BCUT2D eigenvalue weighted by atomic mass is 16.5. The number of hydrogen-bond donors (Lipinski definition) is 1. The Bertz CT molecular complexity index is 185. The van der Waals surface area contributed by atoms with Gasteiger partial charge in [0.2, 0.25) is 0 Å². The quantitative estimate of drug-likeness (QED) is 0.605. The summed E-state index contributed by atoms with van der Waals surface area (Å²) >= 11 is 0. The highest BCUT2D eigenvalue weighted by Gasteiger charge is 2.13. The zero-order valence-electron chi connectivity index (χ0n) is 6.95. The summed E-state index contributed by atoms with van der Waals surface area (Å²) in [7, 11) is 0. The maximum Gasteiger partial charge on any atom is 0.332 e. The van der Waals surface area contributed by atoms with Crippen molar-refractivity contribution in [2.45, 2.75) is 0 Å². The minimum Gasteiger partial charge on any atom is -0.478 e. The highest BCUT2D eigenvalue weighted by molar-refractivity contribution is 5.86. The molecule has 4 heteroatoms. The van der Waals surface area contributed by atoms with Gasteiger partial charge in [-0.05, 0) is 0 Å². The van der Waals surface area contributed by atoms with Crippen LogP contribution in [0.2, 0.25) is 0 Å². The van der Waals surface area contributed by atoms with Gasteiger partial charge in [0.1, 0.15) is 0 Å². The predicted octanol–water partition coefficient (Wildman–Crippen LogP) is -0.0406. The average Bonchev–Trinajstić information content (AvgIpc) is 2.06. The Balaban J connectivity index is 2.29. The van der Waals surface area contributed by atoms with Gasteiger partial charge in [-0.3, -0.25) is 4.90 Å². The standard InChI is InChI=1S/C8H13NO3/c1-7(8(10)11)6-9-2-4-12-5-3-9/h1-6H2,(H,10,11). The van der Waals surface area contributed by atoms with Crippen LogP contribution in [-0.2, 0) is 9.53 Å². The van der Waals surface area contributed by atoms with E-state index >= 15 is 0 Å². The first kappa shape index (κ1) is 9.22. The number of hydrogen-bond acceptors (Lipinski definition) is 3. The lowest BCUT2D eigenvalue weighted by Gasteiger charge is -2.26. The van der Waals surface area contributed by atoms with Crippen LogP contribution < -0.4 is 0 Å². The van der Waals surface area contributed by atoms with Gasteiger partial charge in [-0.2, -0.15) is 0 Å². The van der Waals surface area contributed by atoms with Gasteiger partial charge in [-0.15, -0.1) is 0 Å². The first-order valence-corrected chi connectivity index (χ1v) is 3.91. The molecule has 0 aromatic rings. The molecule has 0 spiro atoms. The Labute approximate surface area is 71.4 Å². The van der Waals surface area contributed by atoms with Crippen LogP contribution in [0.4, 0.5) is 0 Å². The van der Waals surface area contributed by atoms with E-state index in [0.29, 0.717) is 19.8 Å². The monoisotopic (exact) mass is 171 g/mol. The van der Waals surface area contributed by atoms with Crippen molar-refractivity contribution in [1.29, 1.82) is 0 Å². The van der Waals surface area contributed by atoms with Gasteiger partial charge >= 0.3 is 5.97 Å². The summed E-state index contributed by atoms with van der Waals surface area (Å²) < 4.78 is 5.12. The van der Waals surface area contributed by atoms with Crippen LogP contribution in [-0.4, -0.2) is 48.8 Å². The van der Waals surface area contributed by atoms with Gasteiger partial charge < -0.3 is 9.84 Å². The number of aliphatic carboxylic acids is 1. The zero-order chi connectivity index (χ0) is 8.97. The summed E-state index contributed by atoms with van der Waals surface area (Å²) in [4.78, 5) is 12.4. The fourth-order valence-electron chi connectivity index (χ4n) is 1.10. The lowest BCUT2D eigenvalue weighted by atomic mass is 10.2.